The zero-order valence-corrected chi connectivity index (χ0v) is 18.5. The molecule has 1 N–H and O–H groups in total. The first kappa shape index (κ1) is 20.3. The van der Waals surface area contributed by atoms with E-state index in [1.165, 1.54) is 0 Å². The van der Waals surface area contributed by atoms with Crippen molar-refractivity contribution < 1.29 is 0 Å². The second kappa shape index (κ2) is 8.14. The Hall–Kier alpha value is -3.62. The van der Waals surface area contributed by atoms with Gasteiger partial charge in [-0.1, -0.05) is 0 Å². The van der Waals surface area contributed by atoms with Crippen molar-refractivity contribution in [3.05, 3.63) is 64.2 Å². The van der Waals surface area contributed by atoms with E-state index < -0.39 is 0 Å². The lowest BCUT2D eigenvalue weighted by molar-refractivity contribution is 0.302. The highest BCUT2D eigenvalue weighted by Crippen LogP contribution is 2.30. The van der Waals surface area contributed by atoms with E-state index in [0.29, 0.717) is 5.82 Å². The van der Waals surface area contributed by atoms with Crippen LogP contribution in [0, 0.1) is 20.8 Å². The molecule has 0 spiro atoms. The van der Waals surface area contributed by atoms with Crippen LogP contribution in [0.3, 0.4) is 0 Å². The zero-order chi connectivity index (χ0) is 22.2. The molecular weight excluding hydrogens is 404 g/mol. The summed E-state index contributed by atoms with van der Waals surface area (Å²) >= 11 is 0. The van der Waals surface area contributed by atoms with Gasteiger partial charge in [0, 0.05) is 29.4 Å². The van der Waals surface area contributed by atoms with Gasteiger partial charge in [-0.25, -0.2) is 19.3 Å². The third kappa shape index (κ3) is 3.86. The molecule has 9 nitrogen and oxygen atoms in total. The van der Waals surface area contributed by atoms with E-state index in [9.17, 15) is 4.79 Å². The van der Waals surface area contributed by atoms with Crippen LogP contribution in [-0.4, -0.2) is 40.6 Å². The van der Waals surface area contributed by atoms with E-state index in [1.54, 1.807) is 33.9 Å². The summed E-state index contributed by atoms with van der Waals surface area (Å²) in [6.45, 7) is 5.83. The minimum Gasteiger partial charge on any atom is -0.367 e. The smallest absolute Gasteiger partial charge is 0.267 e. The third-order valence-corrected chi connectivity index (χ3v) is 6.03. The first-order valence-electron chi connectivity index (χ1n) is 11.0. The van der Waals surface area contributed by atoms with Gasteiger partial charge in [0.15, 0.2) is 5.82 Å². The van der Waals surface area contributed by atoms with Gasteiger partial charge in [-0.3, -0.25) is 9.78 Å². The summed E-state index contributed by atoms with van der Waals surface area (Å²) in [5, 5.41) is 13.7. The first-order valence-corrected chi connectivity index (χ1v) is 11.0. The van der Waals surface area contributed by atoms with E-state index in [0.717, 1.165) is 59.6 Å². The normalized spacial score (nSPS) is 18.7. The van der Waals surface area contributed by atoms with Crippen molar-refractivity contribution in [3.63, 3.8) is 0 Å². The molecule has 0 bridgehead atoms. The average molecular weight is 431 g/mol. The number of aromatic nitrogens is 7. The van der Waals surface area contributed by atoms with Gasteiger partial charge in [-0.15, -0.1) is 5.10 Å². The molecule has 4 heterocycles. The van der Waals surface area contributed by atoms with Crippen LogP contribution in [0.15, 0.2) is 41.5 Å². The molecule has 0 radical (unpaired) electrons. The highest BCUT2D eigenvalue weighted by molar-refractivity contribution is 5.88. The second-order valence-electron chi connectivity index (χ2n) is 8.48. The Bertz CT molecular complexity index is 1330. The molecular formula is C23H26N8O. The summed E-state index contributed by atoms with van der Waals surface area (Å²) < 4.78 is 3.42. The van der Waals surface area contributed by atoms with Gasteiger partial charge >= 0.3 is 0 Å². The van der Waals surface area contributed by atoms with Crippen molar-refractivity contribution in [2.75, 3.05) is 5.32 Å². The number of aryl methyl sites for hydroxylation is 3. The summed E-state index contributed by atoms with van der Waals surface area (Å²) in [4.78, 5) is 25.8. The maximum absolute atomic E-state index is 12.6. The lowest BCUT2D eigenvalue weighted by Crippen LogP contribution is -2.34. The van der Waals surface area contributed by atoms with Crippen LogP contribution in [0.25, 0.3) is 16.7 Å². The molecule has 1 aliphatic carbocycles. The van der Waals surface area contributed by atoms with E-state index >= 15 is 0 Å². The van der Waals surface area contributed by atoms with Gasteiger partial charge in [-0.2, -0.15) is 5.10 Å². The molecule has 164 valence electrons. The molecule has 5 rings (SSSR count). The molecule has 0 amide bonds. The fraction of sp³-hybridized carbons (Fsp3) is 0.391. The van der Waals surface area contributed by atoms with Gasteiger partial charge in [0.2, 0.25) is 0 Å². The van der Waals surface area contributed by atoms with Crippen LogP contribution < -0.4 is 10.9 Å². The predicted octanol–water partition coefficient (Wildman–Crippen LogP) is 3.29. The summed E-state index contributed by atoms with van der Waals surface area (Å²) in [6.07, 6.45) is 7.12. The zero-order valence-electron chi connectivity index (χ0n) is 18.5. The number of nitrogens with one attached hydrogen (secondary N) is 1. The van der Waals surface area contributed by atoms with Gasteiger partial charge in [0.05, 0.1) is 23.4 Å². The minimum absolute atomic E-state index is 0.0726. The highest BCUT2D eigenvalue weighted by Gasteiger charge is 2.25. The summed E-state index contributed by atoms with van der Waals surface area (Å²) in [7, 11) is 0. The molecule has 0 unspecified atom stereocenters. The lowest BCUT2D eigenvalue weighted by atomic mass is 9.91. The number of fused-ring (bicyclic) bond motifs is 1. The maximum Gasteiger partial charge on any atom is 0.267 e. The summed E-state index contributed by atoms with van der Waals surface area (Å²) in [6, 6.07) is 7.63. The van der Waals surface area contributed by atoms with Gasteiger partial charge < -0.3 is 5.32 Å². The largest absolute Gasteiger partial charge is 0.367 e. The topological polar surface area (TPSA) is 103 Å². The molecule has 1 saturated carbocycles. The van der Waals surface area contributed by atoms with Gasteiger partial charge in [0.25, 0.3) is 5.56 Å². The minimum atomic E-state index is -0.0726. The number of rotatable bonds is 4. The monoisotopic (exact) mass is 430 g/mol. The quantitative estimate of drug-likeness (QED) is 0.530. The van der Waals surface area contributed by atoms with Crippen molar-refractivity contribution in [1.29, 1.82) is 0 Å². The molecule has 0 aromatic carbocycles. The molecule has 1 fully saturated rings. The molecule has 0 atom stereocenters. The Kier molecular flexibility index (Phi) is 5.16. The second-order valence-corrected chi connectivity index (χ2v) is 8.48. The van der Waals surface area contributed by atoms with Gasteiger partial charge in [0.1, 0.15) is 11.6 Å². The number of hydrogen-bond acceptors (Lipinski definition) is 7. The predicted molar refractivity (Wildman–Crippen MR) is 122 cm³/mol. The van der Waals surface area contributed by atoms with Crippen LogP contribution in [0.5, 0.6) is 0 Å². The van der Waals surface area contributed by atoms with Crippen molar-refractivity contribution in [3.8, 4) is 5.82 Å². The Labute approximate surface area is 185 Å². The molecule has 4 aromatic rings. The van der Waals surface area contributed by atoms with Crippen LogP contribution in [0.4, 0.5) is 5.82 Å². The molecule has 9 heteroatoms. The van der Waals surface area contributed by atoms with Crippen LogP contribution in [0.2, 0.25) is 0 Å². The number of hydrogen-bond donors (Lipinski definition) is 1. The standard InChI is InChI=1S/C23H26N8O/c1-14-12-15(2)30(28-14)21-8-9-22(32)31(29-21)18-6-4-17(5-7-18)27-23-19-10-11-24-13-20(19)25-16(3)26-23/h8-13,17-18H,4-7H2,1-3H3,(H,25,26,27). The summed E-state index contributed by atoms with van der Waals surface area (Å²) in [5.74, 6) is 2.24. The molecule has 1 aliphatic rings. The molecule has 4 aromatic heterocycles. The van der Waals surface area contributed by atoms with Crippen molar-refractivity contribution in [2.45, 2.75) is 58.5 Å². The van der Waals surface area contributed by atoms with Crippen molar-refractivity contribution in [2.24, 2.45) is 0 Å². The summed E-state index contributed by atoms with van der Waals surface area (Å²) in [5.41, 5.74) is 2.69. The Morgan fingerprint density at radius 2 is 1.81 bits per heavy atom. The fourth-order valence-electron chi connectivity index (χ4n) is 4.52. The lowest BCUT2D eigenvalue weighted by Gasteiger charge is -2.30. The first-order chi connectivity index (χ1) is 15.5. The number of anilines is 1. The maximum atomic E-state index is 12.6. The van der Waals surface area contributed by atoms with Gasteiger partial charge in [-0.05, 0) is 64.7 Å². The van der Waals surface area contributed by atoms with Crippen molar-refractivity contribution >= 4 is 16.7 Å². The average Bonchev–Trinajstić information content (AvgIpc) is 3.12. The Balaban J connectivity index is 1.33. The van der Waals surface area contributed by atoms with E-state index in [2.05, 4.69) is 30.5 Å². The number of nitrogens with zero attached hydrogens (tertiary/aromatic N) is 7. The molecule has 0 saturated heterocycles. The van der Waals surface area contributed by atoms with Crippen LogP contribution in [-0.2, 0) is 0 Å². The van der Waals surface area contributed by atoms with E-state index in [1.807, 2.05) is 32.9 Å². The molecule has 32 heavy (non-hydrogen) atoms. The Morgan fingerprint density at radius 3 is 2.56 bits per heavy atom. The highest BCUT2D eigenvalue weighted by atomic mass is 16.1. The SMILES string of the molecule is Cc1cc(C)n(-c2ccc(=O)n(C3CCC(Nc4nc(C)nc5cnccc45)CC3)n2)n1. The fourth-order valence-corrected chi connectivity index (χ4v) is 4.52. The van der Waals surface area contributed by atoms with Crippen molar-refractivity contribution in [1.82, 2.24) is 34.5 Å². The third-order valence-electron chi connectivity index (χ3n) is 6.03. The van der Waals surface area contributed by atoms with E-state index in [4.69, 9.17) is 0 Å². The van der Waals surface area contributed by atoms with Crippen LogP contribution >= 0.6 is 0 Å². The molecule has 0 aliphatic heterocycles. The van der Waals surface area contributed by atoms with Crippen LogP contribution in [0.1, 0.15) is 48.9 Å². The number of pyridine rings is 1. The Morgan fingerprint density at radius 1 is 1.00 bits per heavy atom. The van der Waals surface area contributed by atoms with E-state index in [-0.39, 0.29) is 17.6 Å².